The summed E-state index contributed by atoms with van der Waals surface area (Å²) in [7, 11) is 0. The molecule has 0 spiro atoms. The van der Waals surface area contributed by atoms with E-state index in [0.29, 0.717) is 12.3 Å². The Morgan fingerprint density at radius 3 is 2.94 bits per heavy atom. The number of hydrogen-bond acceptors (Lipinski definition) is 3. The van der Waals surface area contributed by atoms with Gasteiger partial charge in [0.2, 0.25) is 5.91 Å². The van der Waals surface area contributed by atoms with E-state index >= 15 is 0 Å². The molecule has 0 radical (unpaired) electrons. The van der Waals surface area contributed by atoms with E-state index in [2.05, 4.69) is 29.7 Å². The highest BCUT2D eigenvalue weighted by atomic mass is 16.2. The van der Waals surface area contributed by atoms with Crippen LogP contribution in [0.4, 0.5) is 0 Å². The maximum absolute atomic E-state index is 11.4. The molecule has 1 aliphatic rings. The predicted molar refractivity (Wildman–Crippen MR) is 66.1 cm³/mol. The quantitative estimate of drug-likeness (QED) is 0.722. The van der Waals surface area contributed by atoms with Crippen LogP contribution in [0.25, 0.3) is 0 Å². The van der Waals surface area contributed by atoms with Gasteiger partial charge in [0.15, 0.2) is 0 Å². The van der Waals surface area contributed by atoms with Crippen molar-refractivity contribution in [2.75, 3.05) is 6.54 Å². The summed E-state index contributed by atoms with van der Waals surface area (Å²) in [6, 6.07) is 0. The van der Waals surface area contributed by atoms with Gasteiger partial charge in [-0.15, -0.1) is 0 Å². The molecule has 0 saturated carbocycles. The van der Waals surface area contributed by atoms with Crippen molar-refractivity contribution in [2.24, 2.45) is 10.9 Å². The summed E-state index contributed by atoms with van der Waals surface area (Å²) in [6.45, 7) is 5.12. The lowest BCUT2D eigenvalue weighted by Crippen LogP contribution is -2.41. The van der Waals surface area contributed by atoms with E-state index in [0.717, 1.165) is 38.1 Å². The van der Waals surface area contributed by atoms with Crippen molar-refractivity contribution < 1.29 is 4.79 Å². The normalized spacial score (nSPS) is 16.6. The minimum Gasteiger partial charge on any atom is -0.286 e. The second-order valence-corrected chi connectivity index (χ2v) is 4.74. The fourth-order valence-electron chi connectivity index (χ4n) is 1.60. The van der Waals surface area contributed by atoms with Crippen LogP contribution in [0.2, 0.25) is 0 Å². The Morgan fingerprint density at radius 1 is 1.38 bits per heavy atom. The number of carbonyl (C=O) groups is 1. The zero-order valence-corrected chi connectivity index (χ0v) is 10.4. The average Bonchev–Trinajstić information content (AvgIpc) is 2.51. The molecule has 92 valence electrons. The van der Waals surface area contributed by atoms with Crippen molar-refractivity contribution >= 4 is 11.7 Å². The summed E-state index contributed by atoms with van der Waals surface area (Å²) < 4.78 is 0. The number of nitrogens with zero attached hydrogens (tertiary/aromatic N) is 1. The summed E-state index contributed by atoms with van der Waals surface area (Å²) >= 11 is 0. The van der Waals surface area contributed by atoms with E-state index in [1.807, 2.05) is 0 Å². The first-order valence-electron chi connectivity index (χ1n) is 6.26. The molecule has 0 atom stereocenters. The van der Waals surface area contributed by atoms with E-state index < -0.39 is 0 Å². The van der Waals surface area contributed by atoms with Crippen LogP contribution in [0.1, 0.15) is 52.4 Å². The van der Waals surface area contributed by atoms with E-state index in [-0.39, 0.29) is 5.91 Å². The fraction of sp³-hybridized carbons (Fsp3) is 0.833. The van der Waals surface area contributed by atoms with Crippen molar-refractivity contribution in [1.29, 1.82) is 0 Å². The van der Waals surface area contributed by atoms with Gasteiger partial charge in [-0.1, -0.05) is 20.3 Å². The molecule has 2 N–H and O–H groups in total. The largest absolute Gasteiger partial charge is 0.286 e. The molecule has 0 saturated heterocycles. The Balaban J connectivity index is 2.17. The van der Waals surface area contributed by atoms with Gasteiger partial charge in [0, 0.05) is 19.4 Å². The SMILES string of the molecule is CC(C)CCC(=O)NNC1=NCCCCC1. The van der Waals surface area contributed by atoms with E-state index in [1.54, 1.807) is 0 Å². The van der Waals surface area contributed by atoms with Gasteiger partial charge < -0.3 is 0 Å². The Kier molecular flexibility index (Phi) is 5.90. The van der Waals surface area contributed by atoms with Gasteiger partial charge >= 0.3 is 0 Å². The van der Waals surface area contributed by atoms with E-state index in [9.17, 15) is 4.79 Å². The number of amidine groups is 1. The van der Waals surface area contributed by atoms with Crippen LogP contribution in [-0.2, 0) is 4.79 Å². The molecule has 0 aliphatic carbocycles. The predicted octanol–water partition coefficient (Wildman–Crippen LogP) is 2.02. The number of aliphatic imine (C=N–C) groups is 1. The standard InChI is InChI=1S/C12H23N3O/c1-10(2)7-8-12(16)15-14-11-6-4-3-5-9-13-11/h10H,3-9H2,1-2H3,(H,13,14)(H,15,16). The Hall–Kier alpha value is -1.06. The smallest absolute Gasteiger partial charge is 0.238 e. The summed E-state index contributed by atoms with van der Waals surface area (Å²) in [4.78, 5) is 15.8. The minimum absolute atomic E-state index is 0.0562. The lowest BCUT2D eigenvalue weighted by atomic mass is 10.1. The molecule has 0 fully saturated rings. The summed E-state index contributed by atoms with van der Waals surface area (Å²) in [5.74, 6) is 1.55. The highest BCUT2D eigenvalue weighted by molar-refractivity contribution is 5.85. The Bertz CT molecular complexity index is 249. The third-order valence-electron chi connectivity index (χ3n) is 2.67. The highest BCUT2D eigenvalue weighted by Crippen LogP contribution is 2.05. The monoisotopic (exact) mass is 225 g/mol. The van der Waals surface area contributed by atoms with Crippen LogP contribution in [0.15, 0.2) is 4.99 Å². The molecular formula is C12H23N3O. The molecule has 0 unspecified atom stereocenters. The summed E-state index contributed by atoms with van der Waals surface area (Å²) in [5, 5.41) is 0. The van der Waals surface area contributed by atoms with Gasteiger partial charge in [-0.3, -0.25) is 20.6 Å². The molecule has 1 amide bonds. The summed E-state index contributed by atoms with van der Waals surface area (Å²) in [5.41, 5.74) is 5.65. The van der Waals surface area contributed by atoms with Gasteiger partial charge in [-0.2, -0.15) is 0 Å². The van der Waals surface area contributed by atoms with Crippen LogP contribution >= 0.6 is 0 Å². The van der Waals surface area contributed by atoms with Gasteiger partial charge in [0.1, 0.15) is 5.84 Å². The zero-order valence-electron chi connectivity index (χ0n) is 10.4. The topological polar surface area (TPSA) is 53.5 Å². The van der Waals surface area contributed by atoms with Crippen LogP contribution in [0, 0.1) is 5.92 Å². The van der Waals surface area contributed by atoms with Gasteiger partial charge in [0.25, 0.3) is 0 Å². The lowest BCUT2D eigenvalue weighted by molar-refractivity contribution is -0.121. The molecule has 16 heavy (non-hydrogen) atoms. The van der Waals surface area contributed by atoms with Crippen molar-refractivity contribution in [2.45, 2.75) is 52.4 Å². The number of hydrogen-bond donors (Lipinski definition) is 2. The zero-order chi connectivity index (χ0) is 11.8. The van der Waals surface area contributed by atoms with Crippen molar-refractivity contribution in [1.82, 2.24) is 10.9 Å². The number of nitrogens with one attached hydrogen (secondary N) is 2. The number of carbonyl (C=O) groups excluding carboxylic acids is 1. The van der Waals surface area contributed by atoms with Gasteiger partial charge in [0.05, 0.1) is 0 Å². The second-order valence-electron chi connectivity index (χ2n) is 4.74. The van der Waals surface area contributed by atoms with Crippen molar-refractivity contribution in [3.05, 3.63) is 0 Å². The molecule has 0 aromatic rings. The fourth-order valence-corrected chi connectivity index (χ4v) is 1.60. The number of rotatable bonds is 3. The first-order chi connectivity index (χ1) is 7.68. The maximum atomic E-state index is 11.4. The van der Waals surface area contributed by atoms with Crippen LogP contribution in [-0.4, -0.2) is 18.3 Å². The highest BCUT2D eigenvalue weighted by Gasteiger charge is 2.06. The van der Waals surface area contributed by atoms with Crippen molar-refractivity contribution in [3.63, 3.8) is 0 Å². The molecule has 0 bridgehead atoms. The first kappa shape index (κ1) is 13.0. The van der Waals surface area contributed by atoms with Crippen LogP contribution < -0.4 is 10.9 Å². The van der Waals surface area contributed by atoms with Crippen molar-refractivity contribution in [3.8, 4) is 0 Å². The molecular weight excluding hydrogens is 202 g/mol. The average molecular weight is 225 g/mol. The number of hydrazine groups is 1. The maximum Gasteiger partial charge on any atom is 0.238 e. The minimum atomic E-state index is 0.0562. The van der Waals surface area contributed by atoms with E-state index in [1.165, 1.54) is 6.42 Å². The molecule has 0 aromatic carbocycles. The molecule has 1 aliphatic heterocycles. The van der Waals surface area contributed by atoms with E-state index in [4.69, 9.17) is 0 Å². The van der Waals surface area contributed by atoms with Gasteiger partial charge in [-0.05, 0) is 25.2 Å². The molecule has 1 rings (SSSR count). The molecule has 0 aromatic heterocycles. The molecule has 4 nitrogen and oxygen atoms in total. The Labute approximate surface area is 97.9 Å². The molecule has 4 heteroatoms. The second kappa shape index (κ2) is 7.25. The first-order valence-corrected chi connectivity index (χ1v) is 6.26. The van der Waals surface area contributed by atoms with Crippen LogP contribution in [0.5, 0.6) is 0 Å². The Morgan fingerprint density at radius 2 is 2.19 bits per heavy atom. The number of amides is 1. The third kappa shape index (κ3) is 5.73. The van der Waals surface area contributed by atoms with Gasteiger partial charge in [-0.25, -0.2) is 0 Å². The molecule has 1 heterocycles. The van der Waals surface area contributed by atoms with Crippen LogP contribution in [0.3, 0.4) is 0 Å². The lowest BCUT2D eigenvalue weighted by Gasteiger charge is -2.10. The third-order valence-corrected chi connectivity index (χ3v) is 2.67. The summed E-state index contributed by atoms with van der Waals surface area (Å²) in [6.07, 6.45) is 6.01.